The van der Waals surface area contributed by atoms with E-state index >= 15 is 0 Å². The molecule has 1 aliphatic heterocycles. The summed E-state index contributed by atoms with van der Waals surface area (Å²) in [5, 5.41) is 9.62. The lowest BCUT2D eigenvalue weighted by Crippen LogP contribution is -2.27. The normalized spacial score (nSPS) is 14.2. The summed E-state index contributed by atoms with van der Waals surface area (Å²) in [5.41, 5.74) is 2.30. The van der Waals surface area contributed by atoms with Gasteiger partial charge in [-0.1, -0.05) is 0 Å². The summed E-state index contributed by atoms with van der Waals surface area (Å²) in [6, 6.07) is 0. The summed E-state index contributed by atoms with van der Waals surface area (Å²) in [7, 11) is 3.53. The number of methoxy groups -OCH3 is 1. The molecule has 1 aromatic heterocycles. The van der Waals surface area contributed by atoms with Gasteiger partial charge >= 0.3 is 0 Å². The van der Waals surface area contributed by atoms with Crippen molar-refractivity contribution in [1.29, 1.82) is 0 Å². The molecule has 17 heavy (non-hydrogen) atoms. The molecule has 0 saturated carbocycles. The molecule has 3 N–H and O–H groups in total. The zero-order valence-corrected chi connectivity index (χ0v) is 10.3. The summed E-state index contributed by atoms with van der Waals surface area (Å²) < 4.78 is 5.03. The van der Waals surface area contributed by atoms with Crippen molar-refractivity contribution in [3.8, 4) is 0 Å². The number of fused-ring (bicyclic) bond motifs is 1. The van der Waals surface area contributed by atoms with Gasteiger partial charge in [0.2, 0.25) is 5.95 Å². The molecule has 6 heteroatoms. The van der Waals surface area contributed by atoms with E-state index in [1.807, 2.05) is 7.05 Å². The molecule has 0 atom stereocenters. The number of ether oxygens (including phenoxy) is 1. The first kappa shape index (κ1) is 12.1. The molecule has 0 spiro atoms. The van der Waals surface area contributed by atoms with Gasteiger partial charge in [-0.3, -0.25) is 0 Å². The van der Waals surface area contributed by atoms with Crippen LogP contribution in [0.4, 0.5) is 11.8 Å². The quantitative estimate of drug-likeness (QED) is 0.637. The summed E-state index contributed by atoms with van der Waals surface area (Å²) in [6.45, 7) is 3.23. The molecule has 0 radical (unpaired) electrons. The van der Waals surface area contributed by atoms with Crippen LogP contribution in [0.3, 0.4) is 0 Å². The molecule has 0 saturated heterocycles. The Morgan fingerprint density at radius 3 is 3.06 bits per heavy atom. The van der Waals surface area contributed by atoms with E-state index in [4.69, 9.17) is 4.74 Å². The number of nitrogens with one attached hydrogen (secondary N) is 3. The van der Waals surface area contributed by atoms with Gasteiger partial charge in [0.05, 0.1) is 12.3 Å². The van der Waals surface area contributed by atoms with E-state index in [9.17, 15) is 0 Å². The molecular weight excluding hydrogens is 218 g/mol. The van der Waals surface area contributed by atoms with Crippen molar-refractivity contribution in [2.75, 3.05) is 44.5 Å². The molecule has 94 valence electrons. The largest absolute Gasteiger partial charge is 0.383 e. The highest BCUT2D eigenvalue weighted by Crippen LogP contribution is 2.21. The zero-order chi connectivity index (χ0) is 12.1. The first-order valence-corrected chi connectivity index (χ1v) is 5.86. The second kappa shape index (κ2) is 5.79. The Kier molecular flexibility index (Phi) is 4.11. The number of rotatable bonds is 5. The lowest BCUT2D eigenvalue weighted by atomic mass is 10.1. The molecule has 1 aliphatic rings. The molecule has 0 unspecified atom stereocenters. The summed E-state index contributed by atoms with van der Waals surface area (Å²) in [4.78, 5) is 8.93. The molecule has 2 rings (SSSR count). The minimum atomic E-state index is 0.668. The third-order valence-electron chi connectivity index (χ3n) is 2.76. The van der Waals surface area contributed by atoms with Crippen LogP contribution in [0, 0.1) is 0 Å². The Bertz CT molecular complexity index is 382. The van der Waals surface area contributed by atoms with Crippen LogP contribution in [0.15, 0.2) is 0 Å². The van der Waals surface area contributed by atoms with Gasteiger partial charge in [0.15, 0.2) is 0 Å². The van der Waals surface area contributed by atoms with Gasteiger partial charge in [0, 0.05) is 45.8 Å². The van der Waals surface area contributed by atoms with E-state index in [2.05, 4.69) is 25.9 Å². The minimum Gasteiger partial charge on any atom is -0.383 e. The number of anilines is 2. The Hall–Kier alpha value is -1.40. The average molecular weight is 237 g/mol. The van der Waals surface area contributed by atoms with Crippen LogP contribution < -0.4 is 16.0 Å². The number of hydrogen-bond donors (Lipinski definition) is 3. The van der Waals surface area contributed by atoms with Crippen LogP contribution in [-0.4, -0.2) is 43.8 Å². The molecule has 0 aliphatic carbocycles. The van der Waals surface area contributed by atoms with Crippen LogP contribution in [0.1, 0.15) is 11.3 Å². The Morgan fingerprint density at radius 1 is 1.41 bits per heavy atom. The van der Waals surface area contributed by atoms with Crippen molar-refractivity contribution in [3.63, 3.8) is 0 Å². The highest BCUT2D eigenvalue weighted by molar-refractivity contribution is 5.51. The van der Waals surface area contributed by atoms with Gasteiger partial charge in [0.25, 0.3) is 0 Å². The van der Waals surface area contributed by atoms with E-state index in [0.29, 0.717) is 12.6 Å². The van der Waals surface area contributed by atoms with Crippen molar-refractivity contribution in [2.24, 2.45) is 0 Å². The Morgan fingerprint density at radius 2 is 2.29 bits per heavy atom. The fourth-order valence-electron chi connectivity index (χ4n) is 1.87. The molecule has 0 bridgehead atoms. The maximum Gasteiger partial charge on any atom is 0.224 e. The fraction of sp³-hybridized carbons (Fsp3) is 0.636. The molecule has 0 aromatic carbocycles. The van der Waals surface area contributed by atoms with Crippen LogP contribution in [0.25, 0.3) is 0 Å². The van der Waals surface area contributed by atoms with Gasteiger partial charge in [-0.2, -0.15) is 4.98 Å². The number of hydrogen-bond acceptors (Lipinski definition) is 6. The molecular formula is C11H19N5O. The van der Waals surface area contributed by atoms with Crippen LogP contribution in [0.5, 0.6) is 0 Å². The van der Waals surface area contributed by atoms with Gasteiger partial charge in [-0.05, 0) is 0 Å². The van der Waals surface area contributed by atoms with Crippen molar-refractivity contribution in [1.82, 2.24) is 15.3 Å². The lowest BCUT2D eigenvalue weighted by Gasteiger charge is -2.20. The van der Waals surface area contributed by atoms with Gasteiger partial charge < -0.3 is 20.7 Å². The maximum absolute atomic E-state index is 5.03. The first-order valence-electron chi connectivity index (χ1n) is 5.86. The number of aromatic nitrogens is 2. The Labute approximate surface area is 101 Å². The molecule has 1 aromatic rings. The Balaban J connectivity index is 2.21. The zero-order valence-electron chi connectivity index (χ0n) is 10.3. The summed E-state index contributed by atoms with van der Waals surface area (Å²) >= 11 is 0. The predicted molar refractivity (Wildman–Crippen MR) is 67.4 cm³/mol. The minimum absolute atomic E-state index is 0.668. The third kappa shape index (κ3) is 2.83. The van der Waals surface area contributed by atoms with Gasteiger partial charge in [0.1, 0.15) is 5.82 Å². The monoisotopic (exact) mass is 237 g/mol. The summed E-state index contributed by atoms with van der Waals surface area (Å²) in [6.07, 6.45) is 0.950. The van der Waals surface area contributed by atoms with E-state index < -0.39 is 0 Å². The van der Waals surface area contributed by atoms with Crippen molar-refractivity contribution in [3.05, 3.63) is 11.3 Å². The standard InChI is InChI=1S/C11H19N5O/c1-12-11-15-9-3-4-13-7-8(9)10(16-11)14-5-6-17-2/h13H,3-7H2,1-2H3,(H2,12,14,15,16). The lowest BCUT2D eigenvalue weighted by molar-refractivity contribution is 0.210. The van der Waals surface area contributed by atoms with E-state index in [-0.39, 0.29) is 0 Å². The van der Waals surface area contributed by atoms with E-state index in [0.717, 1.165) is 37.6 Å². The van der Waals surface area contributed by atoms with Gasteiger partial charge in [-0.25, -0.2) is 4.98 Å². The van der Waals surface area contributed by atoms with E-state index in [1.165, 1.54) is 5.56 Å². The molecule has 2 heterocycles. The SMILES string of the molecule is CNc1nc2c(c(NCCOC)n1)CNCC2. The molecule has 6 nitrogen and oxygen atoms in total. The smallest absolute Gasteiger partial charge is 0.224 e. The van der Waals surface area contributed by atoms with Crippen molar-refractivity contribution < 1.29 is 4.74 Å². The second-order valence-corrected chi connectivity index (χ2v) is 3.92. The van der Waals surface area contributed by atoms with Crippen molar-refractivity contribution >= 4 is 11.8 Å². The highest BCUT2D eigenvalue weighted by Gasteiger charge is 2.16. The second-order valence-electron chi connectivity index (χ2n) is 3.92. The van der Waals surface area contributed by atoms with Crippen LogP contribution >= 0.6 is 0 Å². The predicted octanol–water partition coefficient (Wildman–Crippen LogP) is 0.222. The first-order chi connectivity index (χ1) is 8.35. The maximum atomic E-state index is 5.03. The fourth-order valence-corrected chi connectivity index (χ4v) is 1.87. The van der Waals surface area contributed by atoms with Crippen LogP contribution in [0.2, 0.25) is 0 Å². The highest BCUT2D eigenvalue weighted by atomic mass is 16.5. The summed E-state index contributed by atoms with van der Waals surface area (Å²) in [5.74, 6) is 1.58. The number of nitrogens with zero attached hydrogens (tertiary/aromatic N) is 2. The van der Waals surface area contributed by atoms with Crippen molar-refractivity contribution in [2.45, 2.75) is 13.0 Å². The third-order valence-corrected chi connectivity index (χ3v) is 2.76. The molecule has 0 amide bonds. The van der Waals surface area contributed by atoms with Gasteiger partial charge in [-0.15, -0.1) is 0 Å². The van der Waals surface area contributed by atoms with Crippen LogP contribution in [-0.2, 0) is 17.7 Å². The van der Waals surface area contributed by atoms with E-state index in [1.54, 1.807) is 7.11 Å². The molecule has 0 fully saturated rings. The topological polar surface area (TPSA) is 71.1 Å². The average Bonchev–Trinajstić information content (AvgIpc) is 2.38.